The first kappa shape index (κ1) is 47.9. The summed E-state index contributed by atoms with van der Waals surface area (Å²) in [4.78, 5) is 65.5. The molecule has 2 atom stereocenters. The van der Waals surface area contributed by atoms with Gasteiger partial charge in [0, 0.05) is 29.3 Å². The molecule has 6 aromatic carbocycles. The predicted molar refractivity (Wildman–Crippen MR) is 233 cm³/mol. The van der Waals surface area contributed by atoms with Crippen LogP contribution in [0.3, 0.4) is 0 Å². The molecule has 19 heteroatoms. The van der Waals surface area contributed by atoms with Gasteiger partial charge in [0.1, 0.15) is 17.1 Å². The number of nitrogens with zero attached hydrogens (tertiary/aromatic N) is 4. The molecule has 62 heavy (non-hydrogen) atoms. The number of anilines is 3. The fraction of sp³-hybridized carbons (Fsp3) is 0.116. The zero-order chi connectivity index (χ0) is 44.6. The number of amides is 2. The lowest BCUT2D eigenvalue weighted by Crippen LogP contribution is -2.14. The normalized spacial score (nSPS) is 11.0. The smallest absolute Gasteiger partial charge is 0.311 e. The van der Waals surface area contributed by atoms with Gasteiger partial charge in [-0.05, 0) is 55.3 Å². The van der Waals surface area contributed by atoms with Crippen LogP contribution >= 0.6 is 0 Å². The molecule has 0 saturated heterocycles. The van der Waals surface area contributed by atoms with Gasteiger partial charge in [0.05, 0.1) is 31.8 Å². The highest BCUT2D eigenvalue weighted by Gasteiger charge is 2.28. The molecule has 0 aliphatic heterocycles. The summed E-state index contributed by atoms with van der Waals surface area (Å²) in [5.74, 6) is -2.54. The molecule has 2 unspecified atom stereocenters. The van der Waals surface area contributed by atoms with E-state index in [2.05, 4.69) is 16.0 Å². The Morgan fingerprint density at radius 2 is 0.855 bits per heavy atom. The quantitative estimate of drug-likeness (QED) is 0.0661. The zero-order valence-electron chi connectivity index (χ0n) is 32.3. The summed E-state index contributed by atoms with van der Waals surface area (Å²) in [5, 5.41) is 52.2. The molecule has 0 heterocycles. The number of nitrogens with one attached hydrogen (secondary N) is 3. The number of hydrogen-bond acceptors (Lipinski definition) is 12. The largest absolute Gasteiger partial charge is 0.373 e. The number of carbonyl (C=O) groups excluding carboxylic acids is 2. The minimum Gasteiger partial charge on any atom is -0.373 e. The fourth-order valence-electron chi connectivity index (χ4n) is 5.42. The molecule has 0 saturated carbocycles. The molecule has 320 valence electrons. The van der Waals surface area contributed by atoms with E-state index in [1.165, 1.54) is 23.8 Å². The molecule has 6 rings (SSSR count). The Morgan fingerprint density at radius 3 is 1.23 bits per heavy atom. The Morgan fingerprint density at radius 1 is 0.516 bits per heavy atom. The summed E-state index contributed by atoms with van der Waals surface area (Å²) >= 11 is 0. The van der Waals surface area contributed by atoms with Gasteiger partial charge in [-0.1, -0.05) is 104 Å². The summed E-state index contributed by atoms with van der Waals surface area (Å²) in [6.45, 7) is 3.79. The number of halogens is 1. The van der Waals surface area contributed by atoms with Crippen molar-refractivity contribution in [2.24, 2.45) is 5.73 Å². The van der Waals surface area contributed by atoms with Crippen molar-refractivity contribution in [2.45, 2.75) is 33.4 Å². The Bertz CT molecular complexity index is 2520. The first-order chi connectivity index (χ1) is 29.1. The average Bonchev–Trinajstić information content (AvgIpc) is 3.25. The lowest BCUT2D eigenvalue weighted by molar-refractivity contribution is -0.395. The number of nitro groups is 4. The van der Waals surface area contributed by atoms with Crippen LogP contribution < -0.4 is 21.7 Å². The van der Waals surface area contributed by atoms with Crippen molar-refractivity contribution in [1.82, 2.24) is 0 Å². The third kappa shape index (κ3) is 13.3. The van der Waals surface area contributed by atoms with Crippen LogP contribution in [0.15, 0.2) is 146 Å². The Hall–Kier alpha value is -8.45. The highest BCUT2D eigenvalue weighted by atomic mass is 19.1. The minimum absolute atomic E-state index is 0. The lowest BCUT2D eigenvalue weighted by atomic mass is 10.1. The van der Waals surface area contributed by atoms with Crippen molar-refractivity contribution in [1.29, 1.82) is 0 Å². The third-order valence-corrected chi connectivity index (χ3v) is 8.53. The van der Waals surface area contributed by atoms with Crippen LogP contribution in [0.2, 0.25) is 0 Å². The monoisotopic (exact) mass is 848 g/mol. The van der Waals surface area contributed by atoms with Crippen LogP contribution in [-0.2, 0) is 0 Å². The van der Waals surface area contributed by atoms with E-state index in [1.54, 1.807) is 48.5 Å². The van der Waals surface area contributed by atoms with Crippen molar-refractivity contribution in [3.05, 3.63) is 214 Å². The number of carbonyl (C=O) groups is 2. The number of nitrogens with two attached hydrogens (primary N) is 1. The van der Waals surface area contributed by atoms with Crippen LogP contribution in [0.5, 0.6) is 0 Å². The maximum Gasteiger partial charge on any atom is 0.311 e. The molecule has 6 aromatic rings. The van der Waals surface area contributed by atoms with E-state index in [1.807, 2.05) is 74.5 Å². The highest BCUT2D eigenvalue weighted by Crippen LogP contribution is 2.38. The first-order valence-corrected chi connectivity index (χ1v) is 18.0. The van der Waals surface area contributed by atoms with Gasteiger partial charge in [-0.3, -0.25) is 50.0 Å². The van der Waals surface area contributed by atoms with Crippen molar-refractivity contribution < 1.29 is 33.7 Å². The van der Waals surface area contributed by atoms with Crippen LogP contribution in [0, 0.1) is 46.3 Å². The maximum atomic E-state index is 13.6. The van der Waals surface area contributed by atoms with E-state index in [0.717, 1.165) is 11.6 Å². The van der Waals surface area contributed by atoms with Gasteiger partial charge in [0.2, 0.25) is 5.82 Å². The summed E-state index contributed by atoms with van der Waals surface area (Å²) in [7, 11) is 0. The summed E-state index contributed by atoms with van der Waals surface area (Å²) in [6, 6.07) is 38.1. The molecule has 0 fully saturated rings. The number of benzene rings is 6. The fourth-order valence-corrected chi connectivity index (χ4v) is 5.42. The van der Waals surface area contributed by atoms with Crippen molar-refractivity contribution in [2.75, 3.05) is 16.0 Å². The molecular formula is C43H41FN8O10. The van der Waals surface area contributed by atoms with E-state index in [4.69, 9.17) is 5.73 Å². The lowest BCUT2D eigenvalue weighted by Gasteiger charge is -2.17. The van der Waals surface area contributed by atoms with E-state index < -0.39 is 65.8 Å². The second-order valence-corrected chi connectivity index (χ2v) is 12.9. The average molecular weight is 849 g/mol. The van der Waals surface area contributed by atoms with E-state index in [9.17, 15) is 54.4 Å². The van der Waals surface area contributed by atoms with E-state index in [0.29, 0.717) is 17.7 Å². The highest BCUT2D eigenvalue weighted by molar-refractivity contribution is 6.06. The van der Waals surface area contributed by atoms with E-state index in [-0.39, 0.29) is 36.4 Å². The van der Waals surface area contributed by atoms with Gasteiger partial charge in [-0.2, -0.15) is 4.39 Å². The van der Waals surface area contributed by atoms with Crippen molar-refractivity contribution >= 4 is 51.6 Å². The SMILES string of the molecule is C.CC(N)c1ccccc1.CC(Nc1cc(NC(=O)c2ccccc2)c([N+](=O)[O-])cc1[N+](=O)[O-])c1ccccc1.O=C(Nc1cc(F)c([N+](=O)[O-])cc1[N+](=O)[O-])c1ccccc1. The zero-order valence-corrected chi connectivity index (χ0v) is 32.3. The molecule has 0 aliphatic rings. The summed E-state index contributed by atoms with van der Waals surface area (Å²) < 4.78 is 13.6. The molecule has 2 amide bonds. The van der Waals surface area contributed by atoms with Crippen LogP contribution in [0.4, 0.5) is 44.2 Å². The van der Waals surface area contributed by atoms with Crippen molar-refractivity contribution in [3.8, 4) is 0 Å². The molecule has 5 N–H and O–H groups in total. The van der Waals surface area contributed by atoms with Gasteiger partial charge in [0.15, 0.2) is 0 Å². The second kappa shape index (κ2) is 22.6. The predicted octanol–water partition coefficient (Wildman–Crippen LogP) is 10.2. The Balaban J connectivity index is 0.000000279. The topological polar surface area (TPSA) is 269 Å². The molecule has 0 bridgehead atoms. The van der Waals surface area contributed by atoms with Crippen molar-refractivity contribution in [3.63, 3.8) is 0 Å². The number of rotatable bonds is 12. The summed E-state index contributed by atoms with van der Waals surface area (Å²) in [5.41, 5.74) is 4.83. The van der Waals surface area contributed by atoms with Gasteiger partial charge in [-0.15, -0.1) is 0 Å². The summed E-state index contributed by atoms with van der Waals surface area (Å²) in [6.07, 6.45) is 0. The van der Waals surface area contributed by atoms with Gasteiger partial charge < -0.3 is 21.7 Å². The number of nitro benzene ring substituents is 4. The molecule has 0 radical (unpaired) electrons. The molecule has 0 aliphatic carbocycles. The first-order valence-electron chi connectivity index (χ1n) is 18.0. The van der Waals surface area contributed by atoms with Gasteiger partial charge in [-0.25, -0.2) is 0 Å². The number of hydrogen-bond donors (Lipinski definition) is 4. The standard InChI is InChI=1S/C21H18N4O5.C13H8FN3O5.C8H11N.CH4/c1-14(15-8-4-2-5-9-15)22-17-12-18(20(25(29)30)13-19(17)24(27)28)23-21(26)16-10-6-3-7-11-16;14-9-6-10(12(17(21)22)7-11(9)16(19)20)15-13(18)8-4-2-1-3-5-8;1-7(9)8-5-3-2-4-6-8;/h2-14,22H,1H3,(H,23,26);1-7H,(H,15,18);2-7H,9H2,1H3;1H4. The Kier molecular flexibility index (Phi) is 17.5. The maximum absolute atomic E-state index is 13.6. The van der Waals surface area contributed by atoms with Crippen LogP contribution in [0.25, 0.3) is 0 Å². The molecule has 0 aromatic heterocycles. The van der Waals surface area contributed by atoms with E-state index >= 15 is 0 Å². The second-order valence-electron chi connectivity index (χ2n) is 12.9. The Labute approximate surface area is 353 Å². The minimum atomic E-state index is -1.28. The molecule has 18 nitrogen and oxygen atoms in total. The van der Waals surface area contributed by atoms with Crippen LogP contribution in [-0.4, -0.2) is 31.5 Å². The van der Waals surface area contributed by atoms with Gasteiger partial charge >= 0.3 is 5.69 Å². The van der Waals surface area contributed by atoms with Crippen LogP contribution in [0.1, 0.15) is 65.2 Å². The third-order valence-electron chi connectivity index (χ3n) is 8.53. The molecular weight excluding hydrogens is 808 g/mol. The molecule has 0 spiro atoms. The van der Waals surface area contributed by atoms with Gasteiger partial charge in [0.25, 0.3) is 28.9 Å².